The number of nitrogens with one attached hydrogen (secondary N) is 1. The van der Waals surface area contributed by atoms with Crippen molar-refractivity contribution in [3.8, 4) is 0 Å². The van der Waals surface area contributed by atoms with Gasteiger partial charge in [-0.05, 0) is 26.7 Å². The lowest BCUT2D eigenvalue weighted by molar-refractivity contribution is -0.147. The van der Waals surface area contributed by atoms with Crippen molar-refractivity contribution in [3.05, 3.63) is 12.0 Å². The maximum absolute atomic E-state index is 11.5. The Balaban J connectivity index is 1.97. The largest absolute Gasteiger partial charge is 0.481 e. The van der Waals surface area contributed by atoms with Gasteiger partial charge < -0.3 is 14.9 Å². The van der Waals surface area contributed by atoms with Crippen LogP contribution in [0, 0.1) is 12.3 Å². The summed E-state index contributed by atoms with van der Waals surface area (Å²) in [5.74, 6) is -0.187. The van der Waals surface area contributed by atoms with E-state index in [9.17, 15) is 9.90 Å². The maximum Gasteiger partial charge on any atom is 0.311 e. The molecule has 1 saturated carbocycles. The molecule has 0 aromatic carbocycles. The normalized spacial score (nSPS) is 26.0. The van der Waals surface area contributed by atoms with Gasteiger partial charge in [0.25, 0.3) is 5.71 Å². The van der Waals surface area contributed by atoms with E-state index in [0.29, 0.717) is 29.0 Å². The zero-order valence-corrected chi connectivity index (χ0v) is 11.4. The number of anilines is 1. The second-order valence-electron chi connectivity index (χ2n) is 5.48. The summed E-state index contributed by atoms with van der Waals surface area (Å²) >= 11 is 0. The first-order valence-electron chi connectivity index (χ1n) is 6.59. The number of hydrogen-bond donors (Lipinski definition) is 2. The smallest absolute Gasteiger partial charge is 0.311 e. The molecule has 1 fully saturated rings. The third-order valence-corrected chi connectivity index (χ3v) is 4.20. The molecule has 7 nitrogen and oxygen atoms in total. The molecule has 2 atom stereocenters. The van der Waals surface area contributed by atoms with E-state index in [0.717, 1.165) is 12.8 Å². The third-order valence-electron chi connectivity index (χ3n) is 4.20. The summed E-state index contributed by atoms with van der Waals surface area (Å²) in [6.07, 6.45) is 3.75. The number of hydrogen-bond acceptors (Lipinski definition) is 6. The summed E-state index contributed by atoms with van der Waals surface area (Å²) in [6, 6.07) is -0.160. The van der Waals surface area contributed by atoms with Crippen molar-refractivity contribution in [2.24, 2.45) is 5.41 Å². The Morgan fingerprint density at radius 3 is 3.10 bits per heavy atom. The van der Waals surface area contributed by atoms with Crippen LogP contribution in [-0.4, -0.2) is 32.2 Å². The van der Waals surface area contributed by atoms with E-state index in [1.54, 1.807) is 6.92 Å². The topological polar surface area (TPSA) is 101 Å². The summed E-state index contributed by atoms with van der Waals surface area (Å²) in [5, 5.41) is 17.3. The number of carbonyl (C=O) groups is 1. The molecule has 0 aliphatic heterocycles. The van der Waals surface area contributed by atoms with Crippen molar-refractivity contribution in [1.29, 1.82) is 0 Å². The molecule has 0 saturated heterocycles. The summed E-state index contributed by atoms with van der Waals surface area (Å²) in [6.45, 7) is 3.59. The van der Waals surface area contributed by atoms with Gasteiger partial charge in [-0.3, -0.25) is 4.79 Å². The van der Waals surface area contributed by atoms with Gasteiger partial charge in [-0.25, -0.2) is 4.98 Å². The van der Waals surface area contributed by atoms with Gasteiger partial charge in [-0.1, -0.05) is 11.6 Å². The van der Waals surface area contributed by atoms with Gasteiger partial charge in [0.15, 0.2) is 0 Å². The fourth-order valence-corrected chi connectivity index (χ4v) is 2.85. The van der Waals surface area contributed by atoms with Gasteiger partial charge in [0.2, 0.25) is 0 Å². The van der Waals surface area contributed by atoms with Crippen molar-refractivity contribution in [1.82, 2.24) is 15.1 Å². The number of aromatic nitrogens is 3. The van der Waals surface area contributed by atoms with E-state index >= 15 is 0 Å². The molecular weight excluding hydrogens is 260 g/mol. The average Bonchev–Trinajstić information content (AvgIpc) is 2.96. The molecule has 2 unspecified atom stereocenters. The fraction of sp³-hybridized carbons (Fsp3) is 0.538. The summed E-state index contributed by atoms with van der Waals surface area (Å²) < 4.78 is 5.10. The van der Waals surface area contributed by atoms with E-state index in [2.05, 4.69) is 20.4 Å². The van der Waals surface area contributed by atoms with E-state index in [4.69, 9.17) is 4.52 Å². The van der Waals surface area contributed by atoms with Crippen LogP contribution in [0.5, 0.6) is 0 Å². The molecule has 7 heteroatoms. The first-order valence-corrected chi connectivity index (χ1v) is 6.59. The number of carboxylic acids is 1. The van der Waals surface area contributed by atoms with Gasteiger partial charge in [-0.15, -0.1) is 0 Å². The number of aliphatic carboxylic acids is 1. The van der Waals surface area contributed by atoms with Crippen LogP contribution in [0.3, 0.4) is 0 Å². The molecule has 20 heavy (non-hydrogen) atoms. The predicted octanol–water partition coefficient (Wildman–Crippen LogP) is 1.98. The lowest BCUT2D eigenvalue weighted by Gasteiger charge is -2.28. The van der Waals surface area contributed by atoms with Gasteiger partial charge in [-0.2, -0.15) is 4.98 Å². The van der Waals surface area contributed by atoms with Crippen LogP contribution in [0.15, 0.2) is 10.9 Å². The van der Waals surface area contributed by atoms with Crippen molar-refractivity contribution in [2.45, 2.75) is 39.2 Å². The van der Waals surface area contributed by atoms with Crippen molar-refractivity contribution >= 4 is 22.9 Å². The molecule has 1 aliphatic rings. The fourth-order valence-electron chi connectivity index (χ4n) is 2.85. The lowest BCUT2D eigenvalue weighted by atomic mass is 9.85. The molecule has 0 radical (unpaired) electrons. The minimum absolute atomic E-state index is 0.160. The van der Waals surface area contributed by atoms with Crippen molar-refractivity contribution in [2.75, 3.05) is 5.32 Å². The Kier molecular flexibility index (Phi) is 2.84. The van der Waals surface area contributed by atoms with Crippen molar-refractivity contribution in [3.63, 3.8) is 0 Å². The van der Waals surface area contributed by atoms with Crippen LogP contribution in [0.2, 0.25) is 0 Å². The second-order valence-corrected chi connectivity index (χ2v) is 5.48. The SMILES string of the molecule is Cc1noc2ncnc(NC3CCCC3(C)C(=O)O)c12. The summed E-state index contributed by atoms with van der Waals surface area (Å²) in [7, 11) is 0. The quantitative estimate of drug-likeness (QED) is 0.883. The molecule has 3 rings (SSSR count). The third kappa shape index (κ3) is 1.81. The highest BCUT2D eigenvalue weighted by molar-refractivity contribution is 5.88. The number of rotatable bonds is 3. The first-order chi connectivity index (χ1) is 9.52. The van der Waals surface area contributed by atoms with Gasteiger partial charge in [0.05, 0.1) is 11.1 Å². The number of fused-ring (bicyclic) bond motifs is 1. The molecule has 2 N–H and O–H groups in total. The molecule has 0 bridgehead atoms. The predicted molar refractivity (Wildman–Crippen MR) is 71.3 cm³/mol. The molecule has 0 spiro atoms. The Bertz CT molecular complexity index is 669. The van der Waals surface area contributed by atoms with Crippen LogP contribution in [-0.2, 0) is 4.79 Å². The van der Waals surface area contributed by atoms with Gasteiger partial charge >= 0.3 is 5.97 Å². The Hall–Kier alpha value is -2.18. The molecular formula is C13H16N4O3. The van der Waals surface area contributed by atoms with E-state index in [1.165, 1.54) is 6.33 Å². The molecule has 106 valence electrons. The van der Waals surface area contributed by atoms with E-state index in [1.807, 2.05) is 6.92 Å². The average molecular weight is 276 g/mol. The number of carboxylic acid groups (broad SMARTS) is 1. The van der Waals surface area contributed by atoms with Gasteiger partial charge in [0.1, 0.15) is 17.5 Å². The van der Waals surface area contributed by atoms with Crippen molar-refractivity contribution < 1.29 is 14.4 Å². The van der Waals surface area contributed by atoms with Gasteiger partial charge in [0, 0.05) is 6.04 Å². The lowest BCUT2D eigenvalue weighted by Crippen LogP contribution is -2.40. The Morgan fingerprint density at radius 1 is 1.55 bits per heavy atom. The number of nitrogens with zero attached hydrogens (tertiary/aromatic N) is 3. The minimum atomic E-state index is -0.778. The van der Waals surface area contributed by atoms with Crippen LogP contribution in [0.4, 0.5) is 5.82 Å². The minimum Gasteiger partial charge on any atom is -0.481 e. The van der Waals surface area contributed by atoms with E-state index < -0.39 is 11.4 Å². The molecule has 2 heterocycles. The van der Waals surface area contributed by atoms with Crippen LogP contribution < -0.4 is 5.32 Å². The second kappa shape index (κ2) is 4.43. The number of aryl methyl sites for hydroxylation is 1. The zero-order valence-electron chi connectivity index (χ0n) is 11.4. The Morgan fingerprint density at radius 2 is 2.35 bits per heavy atom. The van der Waals surface area contributed by atoms with E-state index in [-0.39, 0.29) is 6.04 Å². The Labute approximate surface area is 115 Å². The maximum atomic E-state index is 11.5. The first kappa shape index (κ1) is 12.8. The molecule has 1 aliphatic carbocycles. The highest BCUT2D eigenvalue weighted by Gasteiger charge is 2.45. The van der Waals surface area contributed by atoms with Crippen LogP contribution >= 0.6 is 0 Å². The molecule has 2 aromatic heterocycles. The van der Waals surface area contributed by atoms with Crippen LogP contribution in [0.25, 0.3) is 11.1 Å². The summed E-state index contributed by atoms with van der Waals surface area (Å²) in [4.78, 5) is 19.7. The highest BCUT2D eigenvalue weighted by atomic mass is 16.5. The summed E-state index contributed by atoms with van der Waals surface area (Å²) in [5.41, 5.74) is 0.329. The van der Waals surface area contributed by atoms with Crippen LogP contribution in [0.1, 0.15) is 31.9 Å². The zero-order chi connectivity index (χ0) is 14.3. The monoisotopic (exact) mass is 276 g/mol. The standard InChI is InChI=1S/C13H16N4O3/c1-7-9-10(14-6-15-11(9)20-17-7)16-8-4-3-5-13(8,2)12(18)19/h6,8H,3-5H2,1-2H3,(H,18,19)(H,14,15,16). The highest BCUT2D eigenvalue weighted by Crippen LogP contribution is 2.40. The molecule has 0 amide bonds. The molecule has 2 aromatic rings.